The summed E-state index contributed by atoms with van der Waals surface area (Å²) in [7, 11) is 0. The molecule has 2 heterocycles. The number of likely N-dealkylation sites (tertiary alicyclic amines) is 1. The second-order valence-corrected chi connectivity index (χ2v) is 9.47. The average molecular weight is 483 g/mol. The first kappa shape index (κ1) is 22.4. The maximum Gasteiger partial charge on any atom is 0.323 e. The monoisotopic (exact) mass is 482 g/mol. The molecule has 1 aromatic heterocycles. The highest BCUT2D eigenvalue weighted by Crippen LogP contribution is 2.48. The summed E-state index contributed by atoms with van der Waals surface area (Å²) in [5, 5.41) is 1.39. The SMILES string of the molecule is Cc1c(CC(=O)N2[C@@H]3C[C@@H]3C[C@H]2C(=O)N(F)Cc2cccc(Cl)c2)c2ccccc2n1C(N)=O. The van der Waals surface area contributed by atoms with Crippen LogP contribution >= 0.6 is 11.6 Å². The van der Waals surface area contributed by atoms with Gasteiger partial charge >= 0.3 is 6.03 Å². The van der Waals surface area contributed by atoms with E-state index in [1.807, 2.05) is 12.1 Å². The van der Waals surface area contributed by atoms with Gasteiger partial charge < -0.3 is 10.6 Å². The van der Waals surface area contributed by atoms with Crippen molar-refractivity contribution in [2.75, 3.05) is 0 Å². The van der Waals surface area contributed by atoms with Gasteiger partial charge in [-0.2, -0.15) is 5.12 Å². The molecule has 9 heteroatoms. The largest absolute Gasteiger partial charge is 0.351 e. The third-order valence-corrected chi connectivity index (χ3v) is 7.15. The lowest BCUT2D eigenvalue weighted by Gasteiger charge is -2.28. The molecule has 176 valence electrons. The molecule has 1 saturated carbocycles. The number of hydrogen-bond donors (Lipinski definition) is 1. The number of amides is 3. The Morgan fingerprint density at radius 1 is 1.15 bits per heavy atom. The van der Waals surface area contributed by atoms with Crippen LogP contribution in [0.4, 0.5) is 9.28 Å². The third-order valence-electron chi connectivity index (χ3n) is 6.92. The summed E-state index contributed by atoms with van der Waals surface area (Å²) in [4.78, 5) is 40.0. The second kappa shape index (κ2) is 8.43. The zero-order valence-corrected chi connectivity index (χ0v) is 19.3. The molecule has 2 fully saturated rings. The summed E-state index contributed by atoms with van der Waals surface area (Å²) >= 11 is 5.97. The fraction of sp³-hybridized carbons (Fsp3) is 0.320. The first-order valence-electron chi connectivity index (χ1n) is 11.2. The van der Waals surface area contributed by atoms with Crippen LogP contribution in [0.15, 0.2) is 48.5 Å². The zero-order valence-electron chi connectivity index (χ0n) is 18.6. The normalized spacial score (nSPS) is 20.9. The molecular weight excluding hydrogens is 459 g/mol. The Labute approximate surface area is 200 Å². The number of fused-ring (bicyclic) bond motifs is 2. The third kappa shape index (κ3) is 3.81. The summed E-state index contributed by atoms with van der Waals surface area (Å²) in [6.45, 7) is 1.51. The van der Waals surface area contributed by atoms with Crippen molar-refractivity contribution in [2.45, 2.75) is 44.8 Å². The van der Waals surface area contributed by atoms with E-state index in [1.54, 1.807) is 48.2 Å². The molecule has 3 amide bonds. The minimum atomic E-state index is -0.842. The number of rotatable bonds is 5. The van der Waals surface area contributed by atoms with Gasteiger partial charge in [0.1, 0.15) is 6.04 Å². The average Bonchev–Trinajstić information content (AvgIpc) is 3.36. The molecule has 1 saturated heterocycles. The van der Waals surface area contributed by atoms with Crippen molar-refractivity contribution in [3.05, 3.63) is 70.4 Å². The molecule has 2 aromatic carbocycles. The highest BCUT2D eigenvalue weighted by atomic mass is 35.5. The summed E-state index contributed by atoms with van der Waals surface area (Å²) < 4.78 is 16.3. The molecule has 0 bridgehead atoms. The maximum atomic E-state index is 14.9. The standard InChI is InChI=1S/C25H24ClFN4O3/c1-14-19(18-7-2-3-8-20(18)30(14)25(28)34)12-23(32)31-21-10-16(21)11-22(31)24(33)29(27)13-15-5-4-6-17(26)9-15/h2-9,16,21-22H,10-13H2,1H3,(H2,28,34)/t16-,21-,22+/m1/s1. The van der Waals surface area contributed by atoms with Gasteiger partial charge in [0.2, 0.25) is 5.91 Å². The molecule has 1 aliphatic heterocycles. The van der Waals surface area contributed by atoms with Gasteiger partial charge in [0.25, 0.3) is 5.91 Å². The number of nitrogens with zero attached hydrogens (tertiary/aromatic N) is 3. The lowest BCUT2D eigenvalue weighted by Crippen LogP contribution is -2.47. The molecule has 3 aromatic rings. The van der Waals surface area contributed by atoms with Crippen LogP contribution < -0.4 is 5.73 Å². The van der Waals surface area contributed by atoms with Gasteiger partial charge in [-0.1, -0.05) is 46.4 Å². The van der Waals surface area contributed by atoms with Crippen molar-refractivity contribution in [3.8, 4) is 0 Å². The zero-order chi connectivity index (χ0) is 24.1. The molecule has 3 atom stereocenters. The Balaban J connectivity index is 1.38. The number of halogens is 2. The molecule has 34 heavy (non-hydrogen) atoms. The highest BCUT2D eigenvalue weighted by Gasteiger charge is 2.56. The van der Waals surface area contributed by atoms with Crippen molar-refractivity contribution in [1.82, 2.24) is 14.6 Å². The van der Waals surface area contributed by atoms with Gasteiger partial charge in [-0.15, -0.1) is 0 Å². The van der Waals surface area contributed by atoms with Gasteiger partial charge in [-0.05, 0) is 55.0 Å². The first-order chi connectivity index (χ1) is 16.3. The Bertz CT molecular complexity index is 1320. The molecule has 0 spiro atoms. The minimum absolute atomic E-state index is 0.000204. The number of aromatic nitrogens is 1. The van der Waals surface area contributed by atoms with Crippen LogP contribution in [0.5, 0.6) is 0 Å². The Morgan fingerprint density at radius 2 is 1.91 bits per heavy atom. The number of hydrogen-bond acceptors (Lipinski definition) is 3. The topological polar surface area (TPSA) is 88.6 Å². The molecule has 1 aliphatic carbocycles. The lowest BCUT2D eigenvalue weighted by atomic mass is 10.1. The van der Waals surface area contributed by atoms with E-state index < -0.39 is 18.0 Å². The van der Waals surface area contributed by atoms with Crippen molar-refractivity contribution < 1.29 is 18.9 Å². The molecule has 5 rings (SSSR count). The fourth-order valence-electron chi connectivity index (χ4n) is 5.25. The van der Waals surface area contributed by atoms with E-state index in [4.69, 9.17) is 17.3 Å². The molecule has 7 nitrogen and oxygen atoms in total. The fourth-order valence-corrected chi connectivity index (χ4v) is 5.47. The predicted molar refractivity (Wildman–Crippen MR) is 126 cm³/mol. The second-order valence-electron chi connectivity index (χ2n) is 9.04. The van der Waals surface area contributed by atoms with Crippen LogP contribution in [-0.2, 0) is 22.6 Å². The van der Waals surface area contributed by atoms with E-state index in [0.717, 1.165) is 11.8 Å². The molecule has 0 radical (unpaired) electrons. The minimum Gasteiger partial charge on any atom is -0.351 e. The van der Waals surface area contributed by atoms with Gasteiger partial charge in [-0.25, -0.2) is 4.79 Å². The number of carbonyl (C=O) groups is 3. The first-order valence-corrected chi connectivity index (χ1v) is 11.6. The number of nitrogens with two attached hydrogens (primary N) is 1. The van der Waals surface area contributed by atoms with Gasteiger partial charge in [0.15, 0.2) is 0 Å². The number of piperidine rings is 1. The summed E-state index contributed by atoms with van der Waals surface area (Å²) in [5.41, 5.74) is 8.04. The van der Waals surface area contributed by atoms with Crippen molar-refractivity contribution in [1.29, 1.82) is 0 Å². The van der Waals surface area contributed by atoms with Crippen molar-refractivity contribution in [3.63, 3.8) is 0 Å². The van der Waals surface area contributed by atoms with Gasteiger partial charge in [0, 0.05) is 22.1 Å². The van der Waals surface area contributed by atoms with E-state index in [9.17, 15) is 18.9 Å². The Kier molecular flexibility index (Phi) is 5.56. The van der Waals surface area contributed by atoms with Crippen LogP contribution in [0.2, 0.25) is 5.02 Å². The smallest absolute Gasteiger partial charge is 0.323 e. The van der Waals surface area contributed by atoms with Crippen molar-refractivity contribution in [2.24, 2.45) is 11.7 Å². The van der Waals surface area contributed by atoms with E-state index in [2.05, 4.69) is 0 Å². The Hall–Kier alpha value is -3.39. The number of primary amides is 1. The van der Waals surface area contributed by atoms with Crippen molar-refractivity contribution >= 4 is 40.3 Å². The van der Waals surface area contributed by atoms with E-state index in [0.29, 0.717) is 33.8 Å². The number of para-hydroxylation sites is 1. The summed E-state index contributed by atoms with van der Waals surface area (Å²) in [6, 6.07) is 12.4. The van der Waals surface area contributed by atoms with Crippen LogP contribution in [0, 0.1) is 12.8 Å². The van der Waals surface area contributed by atoms with Crippen LogP contribution in [0.1, 0.15) is 29.7 Å². The summed E-state index contributed by atoms with van der Waals surface area (Å²) in [6.07, 6.45) is 1.27. The maximum absolute atomic E-state index is 14.9. The number of benzene rings is 2. The van der Waals surface area contributed by atoms with Gasteiger partial charge in [0.05, 0.1) is 18.5 Å². The van der Waals surface area contributed by atoms with Crippen LogP contribution in [0.3, 0.4) is 0 Å². The Morgan fingerprint density at radius 3 is 2.65 bits per heavy atom. The quantitative estimate of drug-likeness (QED) is 0.558. The number of carbonyl (C=O) groups excluding carboxylic acids is 3. The van der Waals surface area contributed by atoms with E-state index in [-0.39, 0.29) is 36.0 Å². The highest BCUT2D eigenvalue weighted by molar-refractivity contribution is 6.30. The molecule has 2 N–H and O–H groups in total. The van der Waals surface area contributed by atoms with Gasteiger partial charge in [-0.3, -0.25) is 14.2 Å². The predicted octanol–water partition coefficient (Wildman–Crippen LogP) is 3.98. The summed E-state index contributed by atoms with van der Waals surface area (Å²) in [5.74, 6) is -0.766. The molecular formula is C25H24ClFN4O3. The molecule has 2 aliphatic rings. The molecule has 0 unspecified atom stereocenters. The van der Waals surface area contributed by atoms with Crippen LogP contribution in [0.25, 0.3) is 10.9 Å². The van der Waals surface area contributed by atoms with E-state index >= 15 is 0 Å². The van der Waals surface area contributed by atoms with E-state index in [1.165, 1.54) is 4.57 Å². The lowest BCUT2D eigenvalue weighted by molar-refractivity contribution is -0.157. The van der Waals surface area contributed by atoms with Crippen LogP contribution in [-0.4, -0.2) is 44.5 Å².